The van der Waals surface area contributed by atoms with Gasteiger partial charge < -0.3 is 10.1 Å². The van der Waals surface area contributed by atoms with Crippen molar-refractivity contribution in [3.63, 3.8) is 0 Å². The Kier molecular flexibility index (Phi) is 5.45. The molecule has 0 aliphatic carbocycles. The summed E-state index contributed by atoms with van der Waals surface area (Å²) in [6.07, 6.45) is -2.87. The molecule has 1 amide bonds. The second-order valence-electron chi connectivity index (χ2n) is 3.78. The quantitative estimate of drug-likeness (QED) is 0.528. The Balaban J connectivity index is 2.90. The number of ether oxygens (including phenoxy) is 1. The Labute approximate surface area is 117 Å². The van der Waals surface area contributed by atoms with Crippen molar-refractivity contribution >= 4 is 23.6 Å². The summed E-state index contributed by atoms with van der Waals surface area (Å²) >= 11 is 0. The van der Waals surface area contributed by atoms with E-state index in [0.29, 0.717) is 0 Å². The van der Waals surface area contributed by atoms with Gasteiger partial charge in [0.25, 0.3) is 0 Å². The van der Waals surface area contributed by atoms with Crippen molar-refractivity contribution in [2.24, 2.45) is 0 Å². The van der Waals surface area contributed by atoms with Gasteiger partial charge in [-0.3, -0.25) is 4.79 Å². The van der Waals surface area contributed by atoms with Crippen LogP contribution < -0.4 is 5.32 Å². The number of rotatable bonds is 4. The largest absolute Gasteiger partial charge is 0.471 e. The topological polar surface area (TPSA) is 55.4 Å². The van der Waals surface area contributed by atoms with E-state index in [1.54, 1.807) is 6.92 Å². The highest BCUT2D eigenvalue weighted by Gasteiger charge is 2.39. The molecule has 1 aromatic rings. The van der Waals surface area contributed by atoms with Crippen LogP contribution in [0.1, 0.15) is 12.5 Å². The average Bonchev–Trinajstić information content (AvgIpc) is 2.39. The van der Waals surface area contributed by atoms with Crippen LogP contribution in [-0.2, 0) is 14.3 Å². The number of halogens is 4. The van der Waals surface area contributed by atoms with E-state index in [1.807, 2.05) is 0 Å². The van der Waals surface area contributed by atoms with E-state index in [0.717, 1.165) is 18.2 Å². The average molecular weight is 305 g/mol. The molecule has 0 bridgehead atoms. The van der Waals surface area contributed by atoms with E-state index < -0.39 is 29.6 Å². The SMILES string of the molecule is CCOC(=O)/C=C/c1ccc(F)c(NC(=O)C(F)(F)F)c1. The van der Waals surface area contributed by atoms with Crippen molar-refractivity contribution in [3.8, 4) is 0 Å². The van der Waals surface area contributed by atoms with Gasteiger partial charge in [0, 0.05) is 6.08 Å². The van der Waals surface area contributed by atoms with Crippen LogP contribution in [0.15, 0.2) is 24.3 Å². The maximum Gasteiger partial charge on any atom is 0.471 e. The van der Waals surface area contributed by atoms with Gasteiger partial charge in [-0.25, -0.2) is 9.18 Å². The predicted octanol–water partition coefficient (Wildman–Crippen LogP) is 2.90. The number of alkyl halides is 3. The van der Waals surface area contributed by atoms with Crippen LogP contribution in [0.25, 0.3) is 6.08 Å². The van der Waals surface area contributed by atoms with E-state index in [4.69, 9.17) is 0 Å². The smallest absolute Gasteiger partial charge is 0.463 e. The fraction of sp³-hybridized carbons (Fsp3) is 0.231. The highest BCUT2D eigenvalue weighted by atomic mass is 19.4. The third-order valence-electron chi connectivity index (χ3n) is 2.19. The number of anilines is 1. The van der Waals surface area contributed by atoms with E-state index in [1.165, 1.54) is 17.5 Å². The normalized spacial score (nSPS) is 11.5. The molecule has 0 radical (unpaired) electrons. The number of esters is 1. The molecule has 0 aromatic heterocycles. The first-order valence-corrected chi connectivity index (χ1v) is 5.76. The number of nitrogens with one attached hydrogen (secondary N) is 1. The maximum atomic E-state index is 13.3. The molecule has 0 aliphatic heterocycles. The molecule has 0 heterocycles. The summed E-state index contributed by atoms with van der Waals surface area (Å²) in [6, 6.07) is 3.07. The second kappa shape index (κ2) is 6.87. The van der Waals surface area contributed by atoms with E-state index in [2.05, 4.69) is 4.74 Å². The van der Waals surface area contributed by atoms with Gasteiger partial charge in [0.2, 0.25) is 0 Å². The van der Waals surface area contributed by atoms with Crippen molar-refractivity contribution in [2.75, 3.05) is 11.9 Å². The van der Waals surface area contributed by atoms with Crippen LogP contribution in [0.5, 0.6) is 0 Å². The van der Waals surface area contributed by atoms with Gasteiger partial charge in [-0.15, -0.1) is 0 Å². The Morgan fingerprint density at radius 3 is 2.57 bits per heavy atom. The minimum absolute atomic E-state index is 0.166. The van der Waals surface area contributed by atoms with E-state index in [-0.39, 0.29) is 12.2 Å². The van der Waals surface area contributed by atoms with Gasteiger partial charge in [0.15, 0.2) is 0 Å². The summed E-state index contributed by atoms with van der Waals surface area (Å²) in [5.74, 6) is -3.96. The summed E-state index contributed by atoms with van der Waals surface area (Å²) in [5.41, 5.74) is -0.412. The summed E-state index contributed by atoms with van der Waals surface area (Å²) in [6.45, 7) is 1.77. The lowest BCUT2D eigenvalue weighted by Crippen LogP contribution is -2.30. The molecule has 0 atom stereocenters. The molecule has 0 saturated carbocycles. The van der Waals surface area contributed by atoms with Crippen LogP contribution in [0.2, 0.25) is 0 Å². The van der Waals surface area contributed by atoms with Gasteiger partial charge in [-0.05, 0) is 30.7 Å². The number of amides is 1. The van der Waals surface area contributed by atoms with E-state index >= 15 is 0 Å². The Bertz CT molecular complexity index is 567. The fourth-order valence-electron chi connectivity index (χ4n) is 1.29. The molecule has 1 N–H and O–H groups in total. The van der Waals surface area contributed by atoms with Crippen molar-refractivity contribution in [3.05, 3.63) is 35.7 Å². The minimum Gasteiger partial charge on any atom is -0.463 e. The lowest BCUT2D eigenvalue weighted by Gasteiger charge is -2.09. The predicted molar refractivity (Wildman–Crippen MR) is 66.8 cm³/mol. The molecule has 8 heteroatoms. The lowest BCUT2D eigenvalue weighted by molar-refractivity contribution is -0.167. The standard InChI is InChI=1S/C13H11F4NO3/c1-2-21-11(19)6-4-8-3-5-9(14)10(7-8)18-12(20)13(15,16)17/h3-7H,2H2,1H3,(H,18,20)/b6-4+. The van der Waals surface area contributed by atoms with Crippen LogP contribution >= 0.6 is 0 Å². The van der Waals surface area contributed by atoms with Crippen LogP contribution in [0.3, 0.4) is 0 Å². The zero-order valence-electron chi connectivity index (χ0n) is 10.8. The van der Waals surface area contributed by atoms with Gasteiger partial charge in [-0.2, -0.15) is 13.2 Å². The summed E-state index contributed by atoms with van der Waals surface area (Å²) in [5, 5.41) is 1.41. The molecule has 0 spiro atoms. The van der Waals surface area contributed by atoms with Crippen molar-refractivity contribution < 1.29 is 31.9 Å². The van der Waals surface area contributed by atoms with Crippen molar-refractivity contribution in [1.29, 1.82) is 0 Å². The molecular formula is C13H11F4NO3. The molecule has 0 aliphatic rings. The lowest BCUT2D eigenvalue weighted by atomic mass is 10.1. The third-order valence-corrected chi connectivity index (χ3v) is 2.19. The molecule has 1 aromatic carbocycles. The number of benzene rings is 1. The number of carbonyl (C=O) groups is 2. The zero-order chi connectivity index (χ0) is 16.0. The molecule has 1 rings (SSSR count). The molecule has 114 valence electrons. The van der Waals surface area contributed by atoms with Crippen LogP contribution in [0, 0.1) is 5.82 Å². The molecule has 0 fully saturated rings. The number of hydrogen-bond donors (Lipinski definition) is 1. The van der Waals surface area contributed by atoms with Gasteiger partial charge in [-0.1, -0.05) is 6.07 Å². The first-order valence-electron chi connectivity index (χ1n) is 5.76. The van der Waals surface area contributed by atoms with Gasteiger partial charge in [0.1, 0.15) is 5.82 Å². The Morgan fingerprint density at radius 1 is 1.33 bits per heavy atom. The fourth-order valence-corrected chi connectivity index (χ4v) is 1.29. The number of hydrogen-bond acceptors (Lipinski definition) is 3. The second-order valence-corrected chi connectivity index (χ2v) is 3.78. The van der Waals surface area contributed by atoms with Crippen molar-refractivity contribution in [2.45, 2.75) is 13.1 Å². The first kappa shape index (κ1) is 16.7. The summed E-state index contributed by atoms with van der Waals surface area (Å²) in [4.78, 5) is 21.8. The molecule has 0 unspecified atom stereocenters. The van der Waals surface area contributed by atoms with Gasteiger partial charge in [0.05, 0.1) is 12.3 Å². The molecule has 21 heavy (non-hydrogen) atoms. The first-order chi connectivity index (χ1) is 9.74. The molecular weight excluding hydrogens is 294 g/mol. The Morgan fingerprint density at radius 2 is 2.00 bits per heavy atom. The summed E-state index contributed by atoms with van der Waals surface area (Å²) in [7, 11) is 0. The zero-order valence-corrected chi connectivity index (χ0v) is 10.8. The van der Waals surface area contributed by atoms with Crippen LogP contribution in [0.4, 0.5) is 23.2 Å². The van der Waals surface area contributed by atoms with Crippen LogP contribution in [-0.4, -0.2) is 24.7 Å². The third kappa shape index (κ3) is 5.25. The summed E-state index contributed by atoms with van der Waals surface area (Å²) < 4.78 is 54.2. The monoisotopic (exact) mass is 305 g/mol. The Hall–Kier alpha value is -2.38. The minimum atomic E-state index is -5.12. The number of carbonyl (C=O) groups excluding carboxylic acids is 2. The van der Waals surface area contributed by atoms with Gasteiger partial charge >= 0.3 is 18.1 Å². The highest BCUT2D eigenvalue weighted by molar-refractivity contribution is 5.95. The molecule has 4 nitrogen and oxygen atoms in total. The molecule has 0 saturated heterocycles. The maximum absolute atomic E-state index is 13.3. The highest BCUT2D eigenvalue weighted by Crippen LogP contribution is 2.21. The van der Waals surface area contributed by atoms with Crippen molar-refractivity contribution in [1.82, 2.24) is 0 Å². The van der Waals surface area contributed by atoms with E-state index in [9.17, 15) is 27.2 Å².